The van der Waals surface area contributed by atoms with Crippen molar-refractivity contribution in [1.29, 1.82) is 0 Å². The number of ether oxygens (including phenoxy) is 1. The van der Waals surface area contributed by atoms with Crippen molar-refractivity contribution in [3.05, 3.63) is 41.8 Å². The highest BCUT2D eigenvalue weighted by Crippen LogP contribution is 2.26. The first-order chi connectivity index (χ1) is 10.4. The van der Waals surface area contributed by atoms with Crippen LogP contribution in [0, 0.1) is 0 Å². The van der Waals surface area contributed by atoms with E-state index in [1.807, 2.05) is 48.8 Å². The van der Waals surface area contributed by atoms with Crippen LogP contribution in [0.25, 0.3) is 10.2 Å². The third-order valence-electron chi connectivity index (χ3n) is 2.96. The van der Waals surface area contributed by atoms with Crippen LogP contribution >= 0.6 is 11.3 Å². The summed E-state index contributed by atoms with van der Waals surface area (Å²) in [6, 6.07) is 11.8. The van der Waals surface area contributed by atoms with Crippen molar-refractivity contribution in [2.75, 3.05) is 30.8 Å². The van der Waals surface area contributed by atoms with Crippen molar-refractivity contribution < 1.29 is 4.74 Å². The summed E-state index contributed by atoms with van der Waals surface area (Å²) in [6.07, 6.45) is 0. The zero-order valence-corrected chi connectivity index (χ0v) is 12.5. The first-order valence-corrected chi connectivity index (χ1v) is 7.59. The Labute approximate surface area is 127 Å². The lowest BCUT2D eigenvalue weighted by molar-refractivity contribution is 0.333. The van der Waals surface area contributed by atoms with Gasteiger partial charge in [-0.2, -0.15) is 4.98 Å². The molecule has 0 fully saturated rings. The molecule has 0 unspecified atom stereocenters. The van der Waals surface area contributed by atoms with Gasteiger partial charge in [0.1, 0.15) is 23.0 Å². The van der Waals surface area contributed by atoms with E-state index in [9.17, 15) is 0 Å². The number of para-hydroxylation sites is 1. The van der Waals surface area contributed by atoms with Gasteiger partial charge >= 0.3 is 0 Å². The minimum Gasteiger partial charge on any atom is -0.492 e. The van der Waals surface area contributed by atoms with Crippen LogP contribution in [0.2, 0.25) is 0 Å². The van der Waals surface area contributed by atoms with Crippen LogP contribution in [0.4, 0.5) is 11.8 Å². The number of rotatable bonds is 6. The molecular formula is C15H16N4OS. The molecule has 3 rings (SSSR count). The Bertz CT molecular complexity index is 714. The summed E-state index contributed by atoms with van der Waals surface area (Å²) >= 11 is 1.60. The van der Waals surface area contributed by atoms with Crippen LogP contribution in [-0.4, -0.2) is 30.2 Å². The molecule has 0 amide bonds. The van der Waals surface area contributed by atoms with Crippen molar-refractivity contribution in [2.45, 2.75) is 0 Å². The Morgan fingerprint density at radius 1 is 1.14 bits per heavy atom. The normalized spacial score (nSPS) is 10.5. The topological polar surface area (TPSA) is 59.1 Å². The number of fused-ring (bicyclic) bond motifs is 1. The summed E-state index contributed by atoms with van der Waals surface area (Å²) in [4.78, 5) is 9.84. The predicted octanol–water partition coefficient (Wildman–Crippen LogP) is 3.22. The van der Waals surface area contributed by atoms with E-state index in [2.05, 4.69) is 20.6 Å². The maximum Gasteiger partial charge on any atom is 0.225 e. The second-order valence-corrected chi connectivity index (χ2v) is 5.27. The smallest absolute Gasteiger partial charge is 0.225 e. The van der Waals surface area contributed by atoms with Gasteiger partial charge in [-0.05, 0) is 23.6 Å². The molecule has 2 N–H and O–H groups in total. The van der Waals surface area contributed by atoms with Gasteiger partial charge in [-0.15, -0.1) is 11.3 Å². The molecule has 3 aromatic rings. The van der Waals surface area contributed by atoms with Gasteiger partial charge in [0.2, 0.25) is 5.95 Å². The number of hydrogen-bond acceptors (Lipinski definition) is 6. The highest BCUT2D eigenvalue weighted by atomic mass is 32.1. The molecule has 5 nitrogen and oxygen atoms in total. The highest BCUT2D eigenvalue weighted by Gasteiger charge is 2.07. The molecule has 0 bridgehead atoms. The van der Waals surface area contributed by atoms with E-state index >= 15 is 0 Å². The van der Waals surface area contributed by atoms with E-state index in [0.29, 0.717) is 19.1 Å². The van der Waals surface area contributed by atoms with Gasteiger partial charge in [0.15, 0.2) is 0 Å². The monoisotopic (exact) mass is 300 g/mol. The van der Waals surface area contributed by atoms with Crippen molar-refractivity contribution in [1.82, 2.24) is 9.97 Å². The van der Waals surface area contributed by atoms with E-state index in [1.165, 1.54) is 0 Å². The molecule has 6 heteroatoms. The van der Waals surface area contributed by atoms with E-state index in [0.717, 1.165) is 21.8 Å². The Morgan fingerprint density at radius 3 is 2.81 bits per heavy atom. The van der Waals surface area contributed by atoms with Gasteiger partial charge in [-0.3, -0.25) is 0 Å². The van der Waals surface area contributed by atoms with Crippen LogP contribution in [0.1, 0.15) is 0 Å². The molecule has 0 saturated carbocycles. The summed E-state index contributed by atoms with van der Waals surface area (Å²) in [7, 11) is 1.82. The molecule has 0 spiro atoms. The third-order valence-corrected chi connectivity index (χ3v) is 3.76. The Morgan fingerprint density at radius 2 is 2.00 bits per heavy atom. The lowest BCUT2D eigenvalue weighted by Gasteiger charge is -2.09. The molecule has 0 atom stereocenters. The third kappa shape index (κ3) is 3.22. The molecule has 0 aliphatic carbocycles. The van der Waals surface area contributed by atoms with E-state index in [4.69, 9.17) is 4.74 Å². The standard InChI is InChI=1S/C15H16N4OS/c1-16-15-18-13(12-7-10-21-14(12)19-15)17-8-9-20-11-5-3-2-4-6-11/h2-7,10H,8-9H2,1H3,(H2,16,17,18,19). The van der Waals surface area contributed by atoms with Gasteiger partial charge in [0.05, 0.1) is 11.9 Å². The average Bonchev–Trinajstić information content (AvgIpc) is 3.00. The average molecular weight is 300 g/mol. The number of nitrogens with one attached hydrogen (secondary N) is 2. The Balaban J connectivity index is 1.63. The van der Waals surface area contributed by atoms with E-state index < -0.39 is 0 Å². The molecular weight excluding hydrogens is 284 g/mol. The van der Waals surface area contributed by atoms with Crippen molar-refractivity contribution in [2.24, 2.45) is 0 Å². The molecule has 0 aliphatic rings. The highest BCUT2D eigenvalue weighted by molar-refractivity contribution is 7.16. The predicted molar refractivity (Wildman–Crippen MR) is 87.4 cm³/mol. The molecule has 0 radical (unpaired) electrons. The fourth-order valence-electron chi connectivity index (χ4n) is 1.96. The molecule has 2 heterocycles. The van der Waals surface area contributed by atoms with Crippen LogP contribution in [-0.2, 0) is 0 Å². The summed E-state index contributed by atoms with van der Waals surface area (Å²) in [6.45, 7) is 1.26. The maximum absolute atomic E-state index is 5.66. The van der Waals surface area contributed by atoms with E-state index in [-0.39, 0.29) is 0 Å². The SMILES string of the molecule is CNc1nc(NCCOc2ccccc2)c2ccsc2n1. The van der Waals surface area contributed by atoms with Gasteiger partial charge in [0.25, 0.3) is 0 Å². The summed E-state index contributed by atoms with van der Waals surface area (Å²) in [5.41, 5.74) is 0. The zero-order valence-electron chi connectivity index (χ0n) is 11.7. The van der Waals surface area contributed by atoms with Gasteiger partial charge in [0, 0.05) is 7.05 Å². The number of hydrogen-bond donors (Lipinski definition) is 2. The molecule has 0 saturated heterocycles. The zero-order chi connectivity index (χ0) is 14.5. The Kier molecular flexibility index (Phi) is 4.16. The molecule has 2 aromatic heterocycles. The van der Waals surface area contributed by atoms with Crippen LogP contribution < -0.4 is 15.4 Å². The first-order valence-electron chi connectivity index (χ1n) is 6.71. The van der Waals surface area contributed by atoms with E-state index in [1.54, 1.807) is 11.3 Å². The van der Waals surface area contributed by atoms with Crippen molar-refractivity contribution in [3.63, 3.8) is 0 Å². The fraction of sp³-hybridized carbons (Fsp3) is 0.200. The van der Waals surface area contributed by atoms with Gasteiger partial charge < -0.3 is 15.4 Å². The summed E-state index contributed by atoms with van der Waals surface area (Å²) in [5, 5.41) is 9.35. The van der Waals surface area contributed by atoms with Crippen LogP contribution in [0.5, 0.6) is 5.75 Å². The summed E-state index contributed by atoms with van der Waals surface area (Å²) in [5.74, 6) is 2.33. The van der Waals surface area contributed by atoms with Gasteiger partial charge in [-0.25, -0.2) is 4.98 Å². The van der Waals surface area contributed by atoms with Crippen molar-refractivity contribution >= 4 is 33.3 Å². The Hall–Kier alpha value is -2.34. The lowest BCUT2D eigenvalue weighted by atomic mass is 10.3. The van der Waals surface area contributed by atoms with Crippen molar-refractivity contribution in [3.8, 4) is 5.75 Å². The second kappa shape index (κ2) is 6.41. The summed E-state index contributed by atoms with van der Waals surface area (Å²) < 4.78 is 5.66. The lowest BCUT2D eigenvalue weighted by Crippen LogP contribution is -2.13. The minimum absolute atomic E-state index is 0.578. The quantitative estimate of drug-likeness (QED) is 0.685. The fourth-order valence-corrected chi connectivity index (χ4v) is 2.72. The number of anilines is 2. The largest absolute Gasteiger partial charge is 0.492 e. The first kappa shape index (κ1) is 13.6. The number of thiophene rings is 1. The van der Waals surface area contributed by atoms with Gasteiger partial charge in [-0.1, -0.05) is 18.2 Å². The molecule has 21 heavy (non-hydrogen) atoms. The van der Waals surface area contributed by atoms with Crippen LogP contribution in [0.3, 0.4) is 0 Å². The molecule has 0 aliphatic heterocycles. The molecule has 108 valence electrons. The number of nitrogens with zero attached hydrogens (tertiary/aromatic N) is 2. The minimum atomic E-state index is 0.578. The second-order valence-electron chi connectivity index (χ2n) is 4.37. The molecule has 1 aromatic carbocycles. The maximum atomic E-state index is 5.66. The number of benzene rings is 1. The van der Waals surface area contributed by atoms with Crippen LogP contribution in [0.15, 0.2) is 41.8 Å². The number of aromatic nitrogens is 2.